The van der Waals surface area contributed by atoms with Crippen molar-refractivity contribution in [2.24, 2.45) is 23.2 Å². The van der Waals surface area contributed by atoms with Crippen LogP contribution in [0.2, 0.25) is 0 Å². The van der Waals surface area contributed by atoms with Crippen molar-refractivity contribution in [1.29, 1.82) is 0 Å². The van der Waals surface area contributed by atoms with Gasteiger partial charge in [0.2, 0.25) is 0 Å². The molecule has 1 nitrogen and oxygen atoms in total. The summed E-state index contributed by atoms with van der Waals surface area (Å²) in [6.45, 7) is 20.9. The highest BCUT2D eigenvalue weighted by atomic mass is 14.8. The highest BCUT2D eigenvalue weighted by Crippen LogP contribution is 2.53. The maximum Gasteiger partial charge on any atom is -0.00235 e. The molecule has 1 N–H and O–H groups in total. The van der Waals surface area contributed by atoms with Crippen molar-refractivity contribution in [1.82, 2.24) is 5.32 Å². The van der Waals surface area contributed by atoms with Gasteiger partial charge < -0.3 is 5.32 Å². The Bertz CT molecular complexity index is 761. The van der Waals surface area contributed by atoms with Crippen molar-refractivity contribution in [2.45, 2.75) is 245 Å². The third kappa shape index (κ3) is 25.8. The first-order chi connectivity index (χ1) is 25.0. The van der Waals surface area contributed by atoms with Crippen molar-refractivity contribution in [3.63, 3.8) is 0 Å². The fourth-order valence-electron chi connectivity index (χ4n) is 9.81. The number of hydrogen-bond donors (Lipinski definition) is 1. The van der Waals surface area contributed by atoms with Crippen LogP contribution in [0, 0.1) is 23.2 Å². The quantitative estimate of drug-likeness (QED) is 0.0504. The van der Waals surface area contributed by atoms with E-state index in [9.17, 15) is 0 Å². The summed E-state index contributed by atoms with van der Waals surface area (Å²) in [5.41, 5.74) is 3.79. The Morgan fingerprint density at radius 3 is 1.35 bits per heavy atom. The highest BCUT2D eigenvalue weighted by molar-refractivity contribution is 5.04. The van der Waals surface area contributed by atoms with Crippen molar-refractivity contribution < 1.29 is 0 Å². The monoisotopic (exact) mass is 710 g/mol. The molecule has 0 aliphatic heterocycles. The van der Waals surface area contributed by atoms with Gasteiger partial charge in [0.1, 0.15) is 0 Å². The fourth-order valence-corrected chi connectivity index (χ4v) is 9.81. The number of rotatable bonds is 36. The Morgan fingerprint density at radius 2 is 0.882 bits per heavy atom. The summed E-state index contributed by atoms with van der Waals surface area (Å²) in [6, 6.07) is 0. The smallest absolute Gasteiger partial charge is 0.00235 e. The van der Waals surface area contributed by atoms with Crippen LogP contribution in [0.25, 0.3) is 0 Å². The molecule has 1 heteroatoms. The molecule has 51 heavy (non-hydrogen) atoms. The van der Waals surface area contributed by atoms with Crippen LogP contribution in [0.1, 0.15) is 245 Å². The molecule has 3 aliphatic carbocycles. The first-order valence-corrected chi connectivity index (χ1v) is 23.5. The second kappa shape index (κ2) is 33.7. The molecule has 3 saturated carbocycles. The van der Waals surface area contributed by atoms with E-state index in [1.807, 2.05) is 0 Å². The summed E-state index contributed by atoms with van der Waals surface area (Å²) in [7, 11) is 2.15. The van der Waals surface area contributed by atoms with E-state index in [1.54, 1.807) is 5.57 Å². The third-order valence-electron chi connectivity index (χ3n) is 13.2. The van der Waals surface area contributed by atoms with Crippen molar-refractivity contribution in [2.75, 3.05) is 13.6 Å². The lowest BCUT2D eigenvalue weighted by Gasteiger charge is -2.47. The van der Waals surface area contributed by atoms with Crippen LogP contribution in [0.5, 0.6) is 0 Å². The predicted octanol–water partition coefficient (Wildman–Crippen LogP) is 17.1. The molecular formula is C50H95N. The predicted molar refractivity (Wildman–Crippen MR) is 234 cm³/mol. The standard InChI is InChI=1S/C48H91N.C2H4/c1-6-8-10-22-30-45(31-23-11-9-7-2)34-26-29-43(3)27-20-17-15-19-25-33-47(42-49-5)32-24-18-14-12-13-16-21-28-44(4)41-48-38-35-46(36-39-48)37-40-48;1-2/h45-47,49H,3-4,6-42H2,1-2,5H3;1-2H2. The zero-order valence-corrected chi connectivity index (χ0v) is 35.7. The Labute approximate surface area is 323 Å². The van der Waals surface area contributed by atoms with Gasteiger partial charge in [-0.3, -0.25) is 0 Å². The van der Waals surface area contributed by atoms with E-state index in [4.69, 9.17) is 0 Å². The second-order valence-corrected chi connectivity index (χ2v) is 17.9. The van der Waals surface area contributed by atoms with Crippen LogP contribution in [0.4, 0.5) is 0 Å². The van der Waals surface area contributed by atoms with Gasteiger partial charge in [-0.2, -0.15) is 0 Å². The number of nitrogens with one attached hydrogen (secondary N) is 1. The van der Waals surface area contributed by atoms with Gasteiger partial charge in [0.05, 0.1) is 0 Å². The number of allylic oxidation sites excluding steroid dienone is 2. The van der Waals surface area contributed by atoms with Gasteiger partial charge >= 0.3 is 0 Å². The van der Waals surface area contributed by atoms with E-state index in [-0.39, 0.29) is 0 Å². The second-order valence-electron chi connectivity index (χ2n) is 17.9. The molecule has 300 valence electrons. The van der Waals surface area contributed by atoms with Crippen LogP contribution >= 0.6 is 0 Å². The SMILES string of the molecule is C=C.C=C(CCCCCCCC(CCCCCCCCCC(=C)CC12CCC(CC1)CC2)CNC)CCCC(CCCCCC)CCCCCC. The summed E-state index contributed by atoms with van der Waals surface area (Å²) < 4.78 is 0. The van der Waals surface area contributed by atoms with E-state index in [2.05, 4.69) is 52.5 Å². The summed E-state index contributed by atoms with van der Waals surface area (Å²) in [6.07, 6.45) is 51.3. The Kier molecular flexibility index (Phi) is 31.9. The van der Waals surface area contributed by atoms with Crippen molar-refractivity contribution in [3.8, 4) is 0 Å². The van der Waals surface area contributed by atoms with Crippen LogP contribution < -0.4 is 5.32 Å². The van der Waals surface area contributed by atoms with Crippen LogP contribution in [0.15, 0.2) is 37.5 Å². The Morgan fingerprint density at radius 1 is 0.510 bits per heavy atom. The summed E-state index contributed by atoms with van der Waals surface area (Å²) in [5, 5.41) is 3.50. The molecule has 0 saturated heterocycles. The topological polar surface area (TPSA) is 12.0 Å². The minimum Gasteiger partial charge on any atom is -0.319 e. The molecule has 0 aromatic rings. The minimum absolute atomic E-state index is 0.677. The number of fused-ring (bicyclic) bond motifs is 3. The van der Waals surface area contributed by atoms with E-state index in [0.717, 1.165) is 17.8 Å². The summed E-state index contributed by atoms with van der Waals surface area (Å²) in [5.74, 6) is 2.94. The molecular weight excluding hydrogens is 615 g/mol. The van der Waals surface area contributed by atoms with Gasteiger partial charge in [0.15, 0.2) is 0 Å². The molecule has 0 heterocycles. The number of hydrogen-bond acceptors (Lipinski definition) is 1. The largest absolute Gasteiger partial charge is 0.319 e. The van der Waals surface area contributed by atoms with Crippen LogP contribution in [0.3, 0.4) is 0 Å². The summed E-state index contributed by atoms with van der Waals surface area (Å²) >= 11 is 0. The van der Waals surface area contributed by atoms with Crippen LogP contribution in [-0.4, -0.2) is 13.6 Å². The van der Waals surface area contributed by atoms with Crippen LogP contribution in [-0.2, 0) is 0 Å². The molecule has 3 rings (SSSR count). The minimum atomic E-state index is 0.677. The average Bonchev–Trinajstić information content (AvgIpc) is 3.15. The summed E-state index contributed by atoms with van der Waals surface area (Å²) in [4.78, 5) is 0. The maximum atomic E-state index is 4.52. The van der Waals surface area contributed by atoms with E-state index < -0.39 is 0 Å². The van der Waals surface area contributed by atoms with Gasteiger partial charge in [0.25, 0.3) is 0 Å². The normalized spacial score (nSPS) is 18.9. The average molecular weight is 710 g/mol. The first-order valence-electron chi connectivity index (χ1n) is 23.5. The zero-order valence-electron chi connectivity index (χ0n) is 35.7. The van der Waals surface area contributed by atoms with Gasteiger partial charge in [-0.15, -0.1) is 13.2 Å². The molecule has 0 radical (unpaired) electrons. The van der Waals surface area contributed by atoms with Gasteiger partial charge in [-0.1, -0.05) is 173 Å². The third-order valence-corrected chi connectivity index (χ3v) is 13.2. The van der Waals surface area contributed by atoms with Crippen molar-refractivity contribution >= 4 is 0 Å². The van der Waals surface area contributed by atoms with E-state index >= 15 is 0 Å². The van der Waals surface area contributed by atoms with Gasteiger partial charge in [-0.05, 0) is 133 Å². The molecule has 1 unspecified atom stereocenters. The molecule has 0 aromatic heterocycles. The fraction of sp³-hybridized carbons (Fsp3) is 0.880. The lowest BCUT2D eigenvalue weighted by atomic mass is 9.58. The highest BCUT2D eigenvalue weighted by Gasteiger charge is 2.40. The lowest BCUT2D eigenvalue weighted by molar-refractivity contribution is 0.0646. The number of unbranched alkanes of at least 4 members (excludes halogenated alkanes) is 16. The van der Waals surface area contributed by atoms with Gasteiger partial charge in [-0.25, -0.2) is 0 Å². The Hall–Kier alpha value is -0.820. The molecule has 0 aromatic carbocycles. The maximum absolute atomic E-state index is 4.52. The Balaban J connectivity index is 0.00000638. The molecule has 2 bridgehead atoms. The molecule has 0 spiro atoms. The first kappa shape index (κ1) is 48.2. The van der Waals surface area contributed by atoms with Crippen molar-refractivity contribution in [3.05, 3.63) is 37.5 Å². The zero-order chi connectivity index (χ0) is 37.3. The lowest BCUT2D eigenvalue weighted by Crippen LogP contribution is -2.34. The molecule has 1 atom stereocenters. The van der Waals surface area contributed by atoms with E-state index in [1.165, 1.54) is 243 Å². The molecule has 3 aliphatic rings. The van der Waals surface area contributed by atoms with E-state index in [0.29, 0.717) is 5.41 Å². The van der Waals surface area contributed by atoms with Gasteiger partial charge in [0, 0.05) is 0 Å². The molecule has 3 fully saturated rings. The molecule has 0 amide bonds.